The summed E-state index contributed by atoms with van der Waals surface area (Å²) in [6.07, 6.45) is 4.20. The zero-order valence-electron chi connectivity index (χ0n) is 11.3. The third-order valence-corrected chi connectivity index (χ3v) is 3.22. The van der Waals surface area contributed by atoms with Gasteiger partial charge in [-0.15, -0.1) is 22.6 Å². The van der Waals surface area contributed by atoms with E-state index in [0.717, 1.165) is 30.9 Å². The average molecular weight is 309 g/mol. The maximum atomic E-state index is 11.9. The number of carbonyl (C=O) groups is 1. The molecule has 1 saturated heterocycles. The summed E-state index contributed by atoms with van der Waals surface area (Å²) in [7, 11) is 0. The van der Waals surface area contributed by atoms with Crippen LogP contribution in [0.3, 0.4) is 0 Å². The SMILES string of the molecule is Cl.O=C(Nc1cccc(-n2cnnc2)c1)N[C@@H]1CCNC1. The zero-order valence-corrected chi connectivity index (χ0v) is 12.1. The molecule has 0 aliphatic carbocycles. The number of amides is 2. The van der Waals surface area contributed by atoms with Crippen molar-refractivity contribution in [2.24, 2.45) is 0 Å². The molecule has 1 aliphatic heterocycles. The summed E-state index contributed by atoms with van der Waals surface area (Å²) in [5.41, 5.74) is 1.63. The van der Waals surface area contributed by atoms with E-state index in [1.54, 1.807) is 17.2 Å². The Kier molecular flexibility index (Phi) is 5.13. The Hall–Kier alpha value is -2.12. The summed E-state index contributed by atoms with van der Waals surface area (Å²) in [6, 6.07) is 7.54. The third-order valence-electron chi connectivity index (χ3n) is 3.22. The molecule has 0 unspecified atom stereocenters. The molecular weight excluding hydrogens is 292 g/mol. The van der Waals surface area contributed by atoms with Crippen LogP contribution in [0.2, 0.25) is 0 Å². The average Bonchev–Trinajstić information content (AvgIpc) is 3.11. The van der Waals surface area contributed by atoms with E-state index in [4.69, 9.17) is 0 Å². The first-order chi connectivity index (χ1) is 9.81. The van der Waals surface area contributed by atoms with Crippen molar-refractivity contribution in [3.63, 3.8) is 0 Å². The molecule has 8 heteroatoms. The number of hydrogen-bond donors (Lipinski definition) is 3. The number of benzene rings is 1. The highest BCUT2D eigenvalue weighted by atomic mass is 35.5. The lowest BCUT2D eigenvalue weighted by Crippen LogP contribution is -2.39. The molecule has 2 amide bonds. The molecule has 7 nitrogen and oxygen atoms in total. The van der Waals surface area contributed by atoms with Gasteiger partial charge in [0.25, 0.3) is 0 Å². The Balaban J connectivity index is 0.00000161. The lowest BCUT2D eigenvalue weighted by molar-refractivity contribution is 0.249. The van der Waals surface area contributed by atoms with Crippen LogP contribution in [0.5, 0.6) is 0 Å². The molecule has 0 saturated carbocycles. The first-order valence-corrected chi connectivity index (χ1v) is 6.54. The number of anilines is 1. The van der Waals surface area contributed by atoms with Gasteiger partial charge < -0.3 is 16.0 Å². The number of nitrogens with zero attached hydrogens (tertiary/aromatic N) is 3. The monoisotopic (exact) mass is 308 g/mol. The summed E-state index contributed by atoms with van der Waals surface area (Å²) in [4.78, 5) is 11.9. The second kappa shape index (κ2) is 7.05. The molecule has 0 spiro atoms. The van der Waals surface area contributed by atoms with E-state index in [2.05, 4.69) is 26.1 Å². The molecular formula is C13H17ClN6O. The highest BCUT2D eigenvalue weighted by molar-refractivity contribution is 5.89. The van der Waals surface area contributed by atoms with Gasteiger partial charge >= 0.3 is 6.03 Å². The molecule has 21 heavy (non-hydrogen) atoms. The van der Waals surface area contributed by atoms with E-state index in [9.17, 15) is 4.79 Å². The molecule has 1 aliphatic rings. The number of hydrogen-bond acceptors (Lipinski definition) is 4. The van der Waals surface area contributed by atoms with Gasteiger partial charge in [0.15, 0.2) is 0 Å². The van der Waals surface area contributed by atoms with Gasteiger partial charge in [-0.2, -0.15) is 0 Å². The van der Waals surface area contributed by atoms with Crippen LogP contribution in [-0.4, -0.2) is 39.9 Å². The van der Waals surface area contributed by atoms with Crippen molar-refractivity contribution in [2.45, 2.75) is 12.5 Å². The van der Waals surface area contributed by atoms with Crippen LogP contribution in [0.25, 0.3) is 5.69 Å². The molecule has 1 fully saturated rings. The Morgan fingerprint density at radius 1 is 1.33 bits per heavy atom. The number of carbonyl (C=O) groups excluding carboxylic acids is 1. The lowest BCUT2D eigenvalue weighted by Gasteiger charge is -2.13. The molecule has 0 radical (unpaired) electrons. The minimum Gasteiger partial charge on any atom is -0.334 e. The Bertz CT molecular complexity index is 582. The van der Waals surface area contributed by atoms with Crippen molar-refractivity contribution in [2.75, 3.05) is 18.4 Å². The van der Waals surface area contributed by atoms with Crippen LogP contribution in [0, 0.1) is 0 Å². The topological polar surface area (TPSA) is 83.9 Å². The van der Waals surface area contributed by atoms with Gasteiger partial charge in [-0.25, -0.2) is 4.79 Å². The third kappa shape index (κ3) is 3.93. The van der Waals surface area contributed by atoms with Gasteiger partial charge in [0.05, 0.1) is 5.69 Å². The van der Waals surface area contributed by atoms with Crippen LogP contribution in [0.1, 0.15) is 6.42 Å². The number of halogens is 1. The van der Waals surface area contributed by atoms with Crippen molar-refractivity contribution >= 4 is 24.1 Å². The van der Waals surface area contributed by atoms with E-state index >= 15 is 0 Å². The summed E-state index contributed by atoms with van der Waals surface area (Å²) in [5, 5.41) is 16.5. The van der Waals surface area contributed by atoms with Crippen molar-refractivity contribution in [3.05, 3.63) is 36.9 Å². The van der Waals surface area contributed by atoms with Crippen molar-refractivity contribution in [3.8, 4) is 5.69 Å². The largest absolute Gasteiger partial charge is 0.334 e. The standard InChI is InChI=1S/C13H16N6O.ClH/c20-13(18-11-4-5-14-7-11)17-10-2-1-3-12(6-10)19-8-15-16-9-19;/h1-3,6,8-9,11,14H,4-5,7H2,(H2,17,18,20);1H/t11-;/m1./s1. The van der Waals surface area contributed by atoms with E-state index < -0.39 is 0 Å². The number of urea groups is 1. The molecule has 3 rings (SSSR count). The normalized spacial score (nSPS) is 17.0. The Morgan fingerprint density at radius 3 is 2.86 bits per heavy atom. The minimum absolute atomic E-state index is 0. The predicted octanol–water partition coefficient (Wildman–Crippen LogP) is 1.17. The number of aromatic nitrogens is 3. The fraction of sp³-hybridized carbons (Fsp3) is 0.308. The smallest absolute Gasteiger partial charge is 0.319 e. The maximum Gasteiger partial charge on any atom is 0.319 e. The first-order valence-electron chi connectivity index (χ1n) is 6.54. The summed E-state index contributed by atoms with van der Waals surface area (Å²) in [6.45, 7) is 1.78. The van der Waals surface area contributed by atoms with Gasteiger partial charge in [-0.1, -0.05) is 6.07 Å². The second-order valence-corrected chi connectivity index (χ2v) is 4.71. The minimum atomic E-state index is -0.181. The molecule has 0 bridgehead atoms. The number of rotatable bonds is 3. The van der Waals surface area contributed by atoms with Crippen molar-refractivity contribution in [1.29, 1.82) is 0 Å². The molecule has 1 atom stereocenters. The molecule has 3 N–H and O–H groups in total. The van der Waals surface area contributed by atoms with Crippen molar-refractivity contribution < 1.29 is 4.79 Å². The zero-order chi connectivity index (χ0) is 13.8. The van der Waals surface area contributed by atoms with E-state index in [0.29, 0.717) is 0 Å². The van der Waals surface area contributed by atoms with Crippen molar-refractivity contribution in [1.82, 2.24) is 25.4 Å². The Morgan fingerprint density at radius 2 is 2.14 bits per heavy atom. The predicted molar refractivity (Wildman–Crippen MR) is 82.0 cm³/mol. The molecule has 1 aromatic heterocycles. The molecule has 112 valence electrons. The van der Waals surface area contributed by atoms with Crippen LogP contribution >= 0.6 is 12.4 Å². The maximum absolute atomic E-state index is 11.9. The fourth-order valence-electron chi connectivity index (χ4n) is 2.21. The van der Waals surface area contributed by atoms with E-state index in [1.165, 1.54) is 0 Å². The van der Waals surface area contributed by atoms with Crippen LogP contribution in [0.15, 0.2) is 36.9 Å². The van der Waals surface area contributed by atoms with Gasteiger partial charge in [0.2, 0.25) is 0 Å². The fourth-order valence-corrected chi connectivity index (χ4v) is 2.21. The molecule has 2 aromatic rings. The van der Waals surface area contributed by atoms with E-state index in [1.807, 2.05) is 24.3 Å². The van der Waals surface area contributed by atoms with Gasteiger partial charge in [-0.05, 0) is 31.2 Å². The van der Waals surface area contributed by atoms with Crippen LogP contribution in [0.4, 0.5) is 10.5 Å². The van der Waals surface area contributed by atoms with Gasteiger partial charge in [0, 0.05) is 18.3 Å². The molecule has 2 heterocycles. The molecule has 1 aromatic carbocycles. The highest BCUT2D eigenvalue weighted by Gasteiger charge is 2.16. The summed E-state index contributed by atoms with van der Waals surface area (Å²) < 4.78 is 1.78. The van der Waals surface area contributed by atoms with Gasteiger partial charge in [-0.3, -0.25) is 4.57 Å². The number of nitrogens with one attached hydrogen (secondary N) is 3. The van der Waals surface area contributed by atoms with E-state index in [-0.39, 0.29) is 24.5 Å². The highest BCUT2D eigenvalue weighted by Crippen LogP contribution is 2.14. The summed E-state index contributed by atoms with van der Waals surface area (Å²) >= 11 is 0. The summed E-state index contributed by atoms with van der Waals surface area (Å²) in [5.74, 6) is 0. The van der Waals surface area contributed by atoms with Gasteiger partial charge in [0.1, 0.15) is 12.7 Å². The van der Waals surface area contributed by atoms with Crippen LogP contribution in [-0.2, 0) is 0 Å². The first kappa shape index (κ1) is 15.3. The lowest BCUT2D eigenvalue weighted by atomic mass is 10.2. The quantitative estimate of drug-likeness (QED) is 0.795. The van der Waals surface area contributed by atoms with Crippen LogP contribution < -0.4 is 16.0 Å². The second-order valence-electron chi connectivity index (χ2n) is 4.71. The Labute approximate surface area is 128 Å².